The minimum atomic E-state index is -0.748. The third kappa shape index (κ3) is 14.4. The quantitative estimate of drug-likeness (QED) is 0.0446. The summed E-state index contributed by atoms with van der Waals surface area (Å²) in [4.78, 5) is 60.8. The zero-order valence-electron chi connectivity index (χ0n) is 37.8. The Morgan fingerprint density at radius 1 is 0.938 bits per heavy atom. The Kier molecular flexibility index (Phi) is 16.8. The molecule has 5 aromatic rings. The van der Waals surface area contributed by atoms with E-state index in [0.29, 0.717) is 55.3 Å². The van der Waals surface area contributed by atoms with Gasteiger partial charge in [-0.15, -0.1) is 6.58 Å². The van der Waals surface area contributed by atoms with Crippen LogP contribution in [0, 0.1) is 5.82 Å². The van der Waals surface area contributed by atoms with E-state index in [1.807, 2.05) is 49.4 Å². The summed E-state index contributed by atoms with van der Waals surface area (Å²) in [5, 5.41) is 6.14. The van der Waals surface area contributed by atoms with Gasteiger partial charge < -0.3 is 34.7 Å². The second-order valence-corrected chi connectivity index (χ2v) is 18.2. The Morgan fingerprint density at radius 3 is 2.31 bits per heavy atom. The van der Waals surface area contributed by atoms with Gasteiger partial charge in [0.2, 0.25) is 0 Å². The Bertz CT molecular complexity index is 2440. The van der Waals surface area contributed by atoms with Crippen molar-refractivity contribution in [3.8, 4) is 16.9 Å². The molecule has 3 aromatic carbocycles. The van der Waals surface area contributed by atoms with Gasteiger partial charge in [-0.1, -0.05) is 60.1 Å². The predicted molar refractivity (Wildman–Crippen MR) is 248 cm³/mol. The molecule has 0 aliphatic heterocycles. The highest BCUT2D eigenvalue weighted by Crippen LogP contribution is 2.32. The zero-order chi connectivity index (χ0) is 46.6. The standard InChI is InChI=1S/C49H60ClFN6O7/c1-9-10-20-41(56(47(61)64-49(6,7)8)26-15-25-52-45(59)63-48(3,4)5)35-21-23-37(24-22-35)57-30-36-29-40(54-43(36)55-44(57)58)38-27-34(28-39(50)42(38)51)19-14-16-32(2)53-46(60)62-31-33-17-12-11-13-18-33/h9,11-13,17-18,21-24,27-30,32,41H,1,10,14-16,19-20,25-26,31H2,2-8H3,(H,52,59)(H,53,60)(H,54,55,58)/t32-,41-/m0/s1. The van der Waals surface area contributed by atoms with Gasteiger partial charge in [-0.3, -0.25) is 4.57 Å². The molecule has 2 aromatic heterocycles. The number of nitrogens with one attached hydrogen (secondary N) is 3. The molecule has 0 unspecified atom stereocenters. The number of halogens is 2. The zero-order valence-corrected chi connectivity index (χ0v) is 38.5. The molecule has 3 amide bonds. The number of rotatable bonds is 18. The molecule has 13 nitrogen and oxygen atoms in total. The Morgan fingerprint density at radius 2 is 1.64 bits per heavy atom. The number of ether oxygens (including phenoxy) is 3. The van der Waals surface area contributed by atoms with Crippen LogP contribution in [-0.4, -0.2) is 68.0 Å². The summed E-state index contributed by atoms with van der Waals surface area (Å²) in [5.74, 6) is -0.607. The van der Waals surface area contributed by atoms with Crippen molar-refractivity contribution in [1.29, 1.82) is 0 Å². The lowest BCUT2D eigenvalue weighted by molar-refractivity contribution is 0.0146. The highest BCUT2D eigenvalue weighted by molar-refractivity contribution is 6.31. The van der Waals surface area contributed by atoms with E-state index in [0.717, 1.165) is 16.7 Å². The van der Waals surface area contributed by atoms with Crippen LogP contribution in [0.1, 0.15) is 103 Å². The van der Waals surface area contributed by atoms with E-state index in [1.165, 1.54) is 4.57 Å². The fraction of sp³-hybridized carbons (Fsp3) is 0.408. The molecule has 0 fully saturated rings. The van der Waals surface area contributed by atoms with Crippen LogP contribution in [0.25, 0.3) is 28.0 Å². The van der Waals surface area contributed by atoms with Gasteiger partial charge >= 0.3 is 24.0 Å². The summed E-state index contributed by atoms with van der Waals surface area (Å²) in [6, 6.07) is 21.2. The third-order valence-electron chi connectivity index (χ3n) is 10.0. The number of fused-ring (bicyclic) bond motifs is 1. The normalized spacial score (nSPS) is 12.6. The van der Waals surface area contributed by atoms with E-state index < -0.39 is 47.0 Å². The first-order valence-electron chi connectivity index (χ1n) is 21.6. The minimum Gasteiger partial charge on any atom is -0.445 e. The summed E-state index contributed by atoms with van der Waals surface area (Å²) in [6.07, 6.45) is 5.41. The number of aromatic amines is 1. The van der Waals surface area contributed by atoms with Crippen molar-refractivity contribution >= 4 is 40.9 Å². The number of aryl methyl sites for hydroxylation is 1. The molecular weight excluding hydrogens is 839 g/mol. The van der Waals surface area contributed by atoms with Crippen LogP contribution in [0.5, 0.6) is 0 Å². The third-order valence-corrected chi connectivity index (χ3v) is 10.3. The SMILES string of the molecule is C=CCC[C@@H](c1ccc(-n2cc3cc(-c4cc(CCC[C@H](C)NC(=O)OCc5ccccc5)cc(Cl)c4F)[nH]c3nc2=O)cc1)N(CCCNC(=O)OC(C)(C)C)C(=O)OC(C)(C)C. The molecule has 3 N–H and O–H groups in total. The Labute approximate surface area is 379 Å². The molecular formula is C49H60ClFN6O7. The summed E-state index contributed by atoms with van der Waals surface area (Å²) >= 11 is 6.40. The van der Waals surface area contributed by atoms with Gasteiger partial charge in [0.15, 0.2) is 5.82 Å². The van der Waals surface area contributed by atoms with Crippen LogP contribution in [-0.2, 0) is 27.2 Å². The number of allylic oxidation sites excluding steroid dienone is 1. The van der Waals surface area contributed by atoms with Crippen molar-refractivity contribution in [1.82, 2.24) is 30.1 Å². The first kappa shape index (κ1) is 48.9. The van der Waals surface area contributed by atoms with Gasteiger partial charge in [0.1, 0.15) is 23.5 Å². The highest BCUT2D eigenvalue weighted by atomic mass is 35.5. The van der Waals surface area contributed by atoms with Crippen molar-refractivity contribution in [3.05, 3.63) is 130 Å². The van der Waals surface area contributed by atoms with E-state index in [-0.39, 0.29) is 42.0 Å². The lowest BCUT2D eigenvalue weighted by atomic mass is 9.99. The summed E-state index contributed by atoms with van der Waals surface area (Å²) in [5.41, 5.74) is 2.02. The molecule has 2 atom stereocenters. The molecule has 0 radical (unpaired) electrons. The van der Waals surface area contributed by atoms with Gasteiger partial charge in [0, 0.05) is 36.3 Å². The first-order valence-corrected chi connectivity index (χ1v) is 21.9. The van der Waals surface area contributed by atoms with Gasteiger partial charge in [0.25, 0.3) is 0 Å². The molecule has 0 aliphatic rings. The Balaban J connectivity index is 1.30. The number of H-pyrrole nitrogens is 1. The van der Waals surface area contributed by atoms with Crippen LogP contribution >= 0.6 is 11.6 Å². The van der Waals surface area contributed by atoms with Crippen molar-refractivity contribution in [2.24, 2.45) is 0 Å². The van der Waals surface area contributed by atoms with Crippen LogP contribution < -0.4 is 16.3 Å². The topological polar surface area (TPSA) is 157 Å². The summed E-state index contributed by atoms with van der Waals surface area (Å²) < 4.78 is 33.5. The number of nitrogens with zero attached hydrogens (tertiary/aromatic N) is 3. The van der Waals surface area contributed by atoms with Crippen molar-refractivity contribution in [2.75, 3.05) is 13.1 Å². The van der Waals surface area contributed by atoms with Gasteiger partial charge in [-0.05, 0) is 134 Å². The van der Waals surface area contributed by atoms with Crippen molar-refractivity contribution in [2.45, 2.75) is 117 Å². The molecule has 64 heavy (non-hydrogen) atoms. The fourth-order valence-electron chi connectivity index (χ4n) is 7.04. The monoisotopic (exact) mass is 898 g/mol. The van der Waals surface area contributed by atoms with Gasteiger partial charge in [0.05, 0.1) is 22.4 Å². The number of hydrogen-bond donors (Lipinski definition) is 3. The average molecular weight is 900 g/mol. The maximum atomic E-state index is 15.6. The van der Waals surface area contributed by atoms with Crippen molar-refractivity contribution in [3.63, 3.8) is 0 Å². The summed E-state index contributed by atoms with van der Waals surface area (Å²) in [6.45, 7) is 17.3. The highest BCUT2D eigenvalue weighted by Gasteiger charge is 2.29. The Hall–Kier alpha value is -6.15. The second kappa shape index (κ2) is 22.0. The molecule has 0 saturated carbocycles. The van der Waals surface area contributed by atoms with E-state index in [9.17, 15) is 19.2 Å². The lowest BCUT2D eigenvalue weighted by Gasteiger charge is -2.34. The number of carbonyl (C=O) groups excluding carboxylic acids is 3. The number of benzene rings is 3. The predicted octanol–water partition coefficient (Wildman–Crippen LogP) is 11.0. The van der Waals surface area contributed by atoms with E-state index >= 15 is 4.39 Å². The molecule has 5 rings (SSSR count). The maximum Gasteiger partial charge on any atom is 0.410 e. The fourth-order valence-corrected chi connectivity index (χ4v) is 7.29. The number of alkyl carbamates (subject to hydrolysis) is 2. The molecule has 0 bridgehead atoms. The van der Waals surface area contributed by atoms with Crippen LogP contribution in [0.3, 0.4) is 0 Å². The van der Waals surface area contributed by atoms with Crippen LogP contribution in [0.15, 0.2) is 96.4 Å². The maximum absolute atomic E-state index is 15.6. The smallest absolute Gasteiger partial charge is 0.410 e. The van der Waals surface area contributed by atoms with Crippen molar-refractivity contribution < 1.29 is 33.0 Å². The molecule has 2 heterocycles. The first-order chi connectivity index (χ1) is 30.3. The van der Waals surface area contributed by atoms with E-state index in [1.54, 1.807) is 89.0 Å². The van der Waals surface area contributed by atoms with Gasteiger partial charge in [-0.2, -0.15) is 4.98 Å². The number of amides is 3. The van der Waals surface area contributed by atoms with Gasteiger partial charge in [-0.25, -0.2) is 23.6 Å². The minimum absolute atomic E-state index is 0.0384. The number of hydrogen-bond acceptors (Lipinski definition) is 8. The van der Waals surface area contributed by atoms with Crippen LogP contribution in [0.4, 0.5) is 18.8 Å². The molecule has 342 valence electrons. The average Bonchev–Trinajstić information content (AvgIpc) is 3.63. The molecule has 15 heteroatoms. The summed E-state index contributed by atoms with van der Waals surface area (Å²) in [7, 11) is 0. The molecule has 0 aliphatic carbocycles. The molecule has 0 spiro atoms. The largest absolute Gasteiger partial charge is 0.445 e. The molecule has 0 saturated heterocycles. The number of aromatic nitrogens is 3. The van der Waals surface area contributed by atoms with E-state index in [4.69, 9.17) is 25.8 Å². The lowest BCUT2D eigenvalue weighted by Crippen LogP contribution is -2.41. The number of carbonyl (C=O) groups is 3. The van der Waals surface area contributed by atoms with E-state index in [2.05, 4.69) is 27.2 Å². The van der Waals surface area contributed by atoms with Crippen LogP contribution in [0.2, 0.25) is 5.02 Å². The second-order valence-electron chi connectivity index (χ2n) is 17.7.